The molecule has 2 amide bonds. The lowest BCUT2D eigenvalue weighted by molar-refractivity contribution is -0.347. The first-order valence-corrected chi connectivity index (χ1v) is 21.3. The lowest BCUT2D eigenvalue weighted by atomic mass is 9.87. The summed E-state index contributed by atoms with van der Waals surface area (Å²) in [6, 6.07) is 0. The summed E-state index contributed by atoms with van der Waals surface area (Å²) in [5.74, 6) is -1.38. The molecule has 3 heterocycles. The van der Waals surface area contributed by atoms with Crippen LogP contribution < -0.4 is 35.9 Å². The molecule has 2 aromatic heterocycles. The number of nitrogen functional groups attached to an aromatic ring is 1. The Morgan fingerprint density at radius 1 is 1.05 bits per heavy atom. The van der Waals surface area contributed by atoms with Gasteiger partial charge in [0.2, 0.25) is 11.8 Å². The fraction of sp³-hybridized carbons (Fsp3) is 0.692. The Labute approximate surface area is 317 Å². The molecule has 0 aromatic carbocycles. The van der Waals surface area contributed by atoms with E-state index in [0.29, 0.717) is 0 Å². The van der Waals surface area contributed by atoms with Crippen molar-refractivity contribution in [3.8, 4) is 0 Å². The molecule has 0 radical (unpaired) electrons. The molecule has 7 atom stereocenters. The number of hydrogen-bond acceptors (Lipinski definition) is 23. The zero-order valence-corrected chi connectivity index (χ0v) is 33.1. The van der Waals surface area contributed by atoms with Crippen molar-refractivity contribution in [1.82, 2.24) is 30.2 Å². The van der Waals surface area contributed by atoms with Gasteiger partial charge in [0.15, 0.2) is 22.8 Å². The minimum Gasteiger partial charge on any atom is -0.790 e. The van der Waals surface area contributed by atoms with Crippen LogP contribution in [0.1, 0.15) is 46.8 Å². The Morgan fingerprint density at radius 2 is 1.71 bits per heavy atom. The quantitative estimate of drug-likeness (QED) is 0.0519. The van der Waals surface area contributed by atoms with Gasteiger partial charge in [-0.15, -0.1) is 0 Å². The first-order chi connectivity index (χ1) is 25.2. The second-order valence-electron chi connectivity index (χ2n) is 13.2. The van der Waals surface area contributed by atoms with Gasteiger partial charge in [-0.05, 0) is 13.8 Å². The van der Waals surface area contributed by atoms with E-state index in [-0.39, 0.29) is 53.8 Å². The summed E-state index contributed by atoms with van der Waals surface area (Å²) >= 11 is 0.925. The van der Waals surface area contributed by atoms with Gasteiger partial charge < -0.3 is 74.1 Å². The van der Waals surface area contributed by atoms with E-state index in [2.05, 4.69) is 43.5 Å². The molecular weight excluding hydrogens is 823 g/mol. The number of nitrogens with one attached hydrogen (secondary N) is 2. The molecule has 2 unspecified atom stereocenters. The first kappa shape index (κ1) is 46.9. The molecule has 0 saturated carbocycles. The number of aliphatic hydroxyl groups excluding tert-OH is 2. The van der Waals surface area contributed by atoms with Crippen LogP contribution in [0.3, 0.4) is 0 Å². The Balaban J connectivity index is 1.50. The van der Waals surface area contributed by atoms with Crippen LogP contribution in [-0.4, -0.2) is 114 Å². The Kier molecular flexibility index (Phi) is 16.1. The molecule has 1 aliphatic heterocycles. The van der Waals surface area contributed by atoms with Crippen molar-refractivity contribution < 1.29 is 85.6 Å². The number of nitrogens with zero attached hydrogens (tertiary/aromatic N) is 4. The highest BCUT2D eigenvalue weighted by atomic mass is 32.2. The van der Waals surface area contributed by atoms with Gasteiger partial charge in [-0.25, -0.2) is 19.3 Å². The molecule has 312 valence electrons. The molecule has 0 aliphatic carbocycles. The minimum absolute atomic E-state index is 0.0263. The zero-order valence-electron chi connectivity index (χ0n) is 29.6. The average molecular weight is 864 g/mol. The largest absolute Gasteiger partial charge is 0.790 e. The van der Waals surface area contributed by atoms with Crippen molar-refractivity contribution in [2.75, 3.05) is 37.8 Å². The average Bonchev–Trinajstić information content (AvgIpc) is 3.60. The van der Waals surface area contributed by atoms with Crippen LogP contribution in [0.4, 0.5) is 5.82 Å². The van der Waals surface area contributed by atoms with Gasteiger partial charge >= 0.3 is 0 Å². The number of carbonyl (C=O) groups is 3. The number of nitrogens with two attached hydrogens (primary N) is 1. The normalized spacial score (nSPS) is 22.2. The minimum atomic E-state index is -5.92. The predicted molar refractivity (Wildman–Crippen MR) is 179 cm³/mol. The SMILES string of the molecule is CC(C)(O)CC(=O)SCCNC(=O)CCNC(=O)[C@H](O)C(C)(C)COP(=O)([O-])OP(=O)([O-])OC[C@H]1O[C@@H](n2cnc3c(N)ncnc32)[C@H](O)[C@@H]1OP(=O)([O-])[O-]. The lowest BCUT2D eigenvalue weighted by Gasteiger charge is -2.36. The number of phosphoric ester groups is 3. The third-order valence-corrected chi connectivity index (χ3v) is 11.2. The summed E-state index contributed by atoms with van der Waals surface area (Å²) in [5.41, 5.74) is 2.87. The van der Waals surface area contributed by atoms with Gasteiger partial charge in [-0.1, -0.05) is 25.6 Å². The summed E-state index contributed by atoms with van der Waals surface area (Å²) in [6.07, 6.45) is -7.74. The van der Waals surface area contributed by atoms with Crippen LogP contribution >= 0.6 is 35.2 Å². The van der Waals surface area contributed by atoms with Gasteiger partial charge in [-0.2, -0.15) is 0 Å². The van der Waals surface area contributed by atoms with Crippen molar-refractivity contribution in [3.05, 3.63) is 12.7 Å². The van der Waals surface area contributed by atoms with E-state index in [4.69, 9.17) is 10.5 Å². The number of anilines is 1. The van der Waals surface area contributed by atoms with Crippen molar-refractivity contribution in [1.29, 1.82) is 0 Å². The van der Waals surface area contributed by atoms with Gasteiger partial charge in [0.05, 0.1) is 33.0 Å². The number of ether oxygens (including phenoxy) is 1. The number of aromatic nitrogens is 4. The van der Waals surface area contributed by atoms with Gasteiger partial charge in [-0.3, -0.25) is 28.1 Å². The fourth-order valence-corrected chi connectivity index (χ4v) is 8.30. The number of amides is 2. The summed E-state index contributed by atoms with van der Waals surface area (Å²) in [7, 11) is -17.6. The third-order valence-electron chi connectivity index (χ3n) is 7.32. The molecule has 1 saturated heterocycles. The van der Waals surface area contributed by atoms with E-state index in [1.165, 1.54) is 27.7 Å². The number of hydrogen-bond donors (Lipinski definition) is 6. The van der Waals surface area contributed by atoms with Gasteiger partial charge in [0.25, 0.3) is 15.6 Å². The second kappa shape index (κ2) is 18.9. The molecule has 2 aromatic rings. The summed E-state index contributed by atoms with van der Waals surface area (Å²) < 4.78 is 60.4. The second-order valence-corrected chi connectivity index (χ2v) is 18.4. The summed E-state index contributed by atoms with van der Waals surface area (Å²) in [4.78, 5) is 95.6. The van der Waals surface area contributed by atoms with Crippen LogP contribution in [-0.2, 0) is 50.7 Å². The highest BCUT2D eigenvalue weighted by Crippen LogP contribution is 2.56. The lowest BCUT2D eigenvalue weighted by Crippen LogP contribution is -2.46. The van der Waals surface area contributed by atoms with Crippen molar-refractivity contribution in [2.24, 2.45) is 5.41 Å². The van der Waals surface area contributed by atoms with E-state index in [0.717, 1.165) is 29.0 Å². The number of aliphatic hydroxyl groups is 3. The van der Waals surface area contributed by atoms with Crippen LogP contribution in [0.5, 0.6) is 0 Å². The smallest absolute Gasteiger partial charge is 0.274 e. The van der Waals surface area contributed by atoms with Crippen LogP contribution in [0.25, 0.3) is 11.2 Å². The molecule has 1 aliphatic rings. The molecule has 7 N–H and O–H groups in total. The van der Waals surface area contributed by atoms with Crippen LogP contribution in [0.2, 0.25) is 0 Å². The van der Waals surface area contributed by atoms with E-state index in [1.807, 2.05) is 0 Å². The molecule has 1 fully saturated rings. The Bertz CT molecular complexity index is 1820. The Morgan fingerprint density at radius 3 is 2.35 bits per heavy atom. The zero-order chi connectivity index (χ0) is 41.6. The fourth-order valence-electron chi connectivity index (χ4n) is 4.68. The van der Waals surface area contributed by atoms with E-state index < -0.39 is 90.2 Å². The predicted octanol–water partition coefficient (Wildman–Crippen LogP) is -3.70. The standard InChI is InChI=1S/C26H44N7O18P3S/c1-25(2,20(37)23(38)29-6-5-15(34)28-7-8-55-16(35)9-26(3,4)39)11-48-54(45,46)51-53(43,44)47-10-14-19(50-52(40,41)42)18(36)24(49-14)33-13-32-17-21(27)30-12-31-22(17)33/h12-14,18-20,24,36-37,39H,5-11H2,1-4H3,(H,28,34)(H,29,38)(H,43,44)(H,45,46)(H2,27,30,31)(H2,40,41,42)/p-4/t14-,18-,19-,20+,24-/m1/s1. The third kappa shape index (κ3) is 14.8. The maximum absolute atomic E-state index is 12.5. The molecule has 55 heavy (non-hydrogen) atoms. The van der Waals surface area contributed by atoms with Crippen LogP contribution in [0, 0.1) is 5.41 Å². The number of phosphoric acid groups is 3. The monoisotopic (exact) mass is 863 g/mol. The maximum Gasteiger partial charge on any atom is 0.274 e. The summed E-state index contributed by atoms with van der Waals surface area (Å²) in [6.45, 7) is 2.92. The highest BCUT2D eigenvalue weighted by Gasteiger charge is 2.47. The number of carbonyl (C=O) groups excluding carboxylic acids is 3. The van der Waals surface area contributed by atoms with Crippen LogP contribution in [0.15, 0.2) is 12.7 Å². The number of rotatable bonds is 21. The van der Waals surface area contributed by atoms with Gasteiger partial charge in [0, 0.05) is 37.1 Å². The van der Waals surface area contributed by atoms with E-state index in [9.17, 15) is 63.0 Å². The van der Waals surface area contributed by atoms with Gasteiger partial charge in [0.1, 0.15) is 36.3 Å². The van der Waals surface area contributed by atoms with Crippen molar-refractivity contribution in [3.63, 3.8) is 0 Å². The first-order valence-electron chi connectivity index (χ1n) is 15.9. The van der Waals surface area contributed by atoms with E-state index >= 15 is 0 Å². The van der Waals surface area contributed by atoms with Crippen molar-refractivity contribution >= 4 is 69.1 Å². The maximum atomic E-state index is 12.5. The number of imidazole rings is 1. The number of thioether (sulfide) groups is 1. The molecule has 25 nitrogen and oxygen atoms in total. The topological polar surface area (TPSA) is 395 Å². The molecule has 3 rings (SSSR count). The highest BCUT2D eigenvalue weighted by molar-refractivity contribution is 8.13. The molecule has 29 heteroatoms. The Hall–Kier alpha value is -2.48. The van der Waals surface area contributed by atoms with Crippen molar-refractivity contribution in [2.45, 2.75) is 76.8 Å². The van der Waals surface area contributed by atoms with E-state index in [1.54, 1.807) is 0 Å². The molecule has 0 bridgehead atoms. The molecular formula is C26H40N7O18P3S-4. The number of fused-ring (bicyclic) bond motifs is 1. The summed E-state index contributed by atoms with van der Waals surface area (Å²) in [5, 5.41) is 35.5. The molecule has 0 spiro atoms.